The first-order valence-electron chi connectivity index (χ1n) is 9.71. The molecule has 1 N–H and O–H groups in total. The number of carbonyl (C=O) groups excluding carboxylic acids is 2. The molecule has 29 heavy (non-hydrogen) atoms. The Labute approximate surface area is 181 Å². The van der Waals surface area contributed by atoms with Crippen LogP contribution in [0.5, 0.6) is 0 Å². The number of anilines is 1. The van der Waals surface area contributed by atoms with Crippen LogP contribution in [0.1, 0.15) is 24.2 Å². The Balaban J connectivity index is 1.63. The molecule has 1 fully saturated rings. The smallest absolute Gasteiger partial charge is 0.253 e. The van der Waals surface area contributed by atoms with Crippen LogP contribution >= 0.6 is 23.2 Å². The average molecular weight is 434 g/mol. The number of hydrogen-bond acceptors (Lipinski definition) is 3. The highest BCUT2D eigenvalue weighted by molar-refractivity contribution is 6.33. The molecule has 3 rings (SSSR count). The second-order valence-corrected chi connectivity index (χ2v) is 8.31. The van der Waals surface area contributed by atoms with E-state index in [1.165, 1.54) is 0 Å². The molecule has 7 heteroatoms. The van der Waals surface area contributed by atoms with Gasteiger partial charge in [-0.2, -0.15) is 0 Å². The number of carbonyl (C=O) groups is 2. The van der Waals surface area contributed by atoms with E-state index in [-0.39, 0.29) is 17.7 Å². The molecule has 0 aliphatic carbocycles. The van der Waals surface area contributed by atoms with Crippen molar-refractivity contribution in [3.63, 3.8) is 0 Å². The highest BCUT2D eigenvalue weighted by Gasteiger charge is 2.31. The van der Waals surface area contributed by atoms with Gasteiger partial charge in [-0.1, -0.05) is 49.2 Å². The van der Waals surface area contributed by atoms with Crippen LogP contribution in [0.25, 0.3) is 0 Å². The summed E-state index contributed by atoms with van der Waals surface area (Å²) in [6.07, 6.45) is 0. The van der Waals surface area contributed by atoms with Gasteiger partial charge < -0.3 is 15.1 Å². The van der Waals surface area contributed by atoms with E-state index < -0.39 is 6.04 Å². The molecule has 1 heterocycles. The molecular formula is C22H25Cl2N3O2. The van der Waals surface area contributed by atoms with Crippen molar-refractivity contribution < 1.29 is 9.59 Å². The minimum absolute atomic E-state index is 0.0387. The van der Waals surface area contributed by atoms with E-state index in [0.29, 0.717) is 28.7 Å². The normalized spacial score (nSPS) is 15.3. The predicted molar refractivity (Wildman–Crippen MR) is 118 cm³/mol. The summed E-state index contributed by atoms with van der Waals surface area (Å²) in [5.41, 5.74) is 1.47. The zero-order valence-electron chi connectivity index (χ0n) is 16.6. The van der Waals surface area contributed by atoms with Crippen LogP contribution in [0.4, 0.5) is 5.69 Å². The molecule has 0 radical (unpaired) electrons. The zero-order valence-corrected chi connectivity index (χ0v) is 18.1. The van der Waals surface area contributed by atoms with Gasteiger partial charge in [0.15, 0.2) is 0 Å². The molecule has 2 aromatic rings. The van der Waals surface area contributed by atoms with E-state index >= 15 is 0 Å². The van der Waals surface area contributed by atoms with Crippen LogP contribution in [0.2, 0.25) is 10.0 Å². The van der Waals surface area contributed by atoms with Crippen molar-refractivity contribution in [2.75, 3.05) is 31.1 Å². The van der Waals surface area contributed by atoms with Crippen molar-refractivity contribution in [2.24, 2.45) is 5.92 Å². The summed E-state index contributed by atoms with van der Waals surface area (Å²) in [6, 6.07) is 14.0. The maximum atomic E-state index is 13.1. The summed E-state index contributed by atoms with van der Waals surface area (Å²) in [4.78, 5) is 29.8. The summed E-state index contributed by atoms with van der Waals surface area (Å²) < 4.78 is 0. The van der Waals surface area contributed by atoms with Crippen molar-refractivity contribution >= 4 is 40.7 Å². The maximum Gasteiger partial charge on any atom is 0.253 e. The molecular weight excluding hydrogens is 409 g/mol. The van der Waals surface area contributed by atoms with Gasteiger partial charge in [0.1, 0.15) is 6.04 Å². The van der Waals surface area contributed by atoms with Crippen LogP contribution in [-0.2, 0) is 4.79 Å². The second kappa shape index (κ2) is 9.51. The average Bonchev–Trinajstić information content (AvgIpc) is 2.72. The van der Waals surface area contributed by atoms with Gasteiger partial charge in [-0.15, -0.1) is 0 Å². The van der Waals surface area contributed by atoms with E-state index in [9.17, 15) is 9.59 Å². The van der Waals surface area contributed by atoms with Crippen LogP contribution in [-0.4, -0.2) is 48.9 Å². The van der Waals surface area contributed by atoms with Crippen molar-refractivity contribution in [1.82, 2.24) is 10.2 Å². The van der Waals surface area contributed by atoms with E-state index in [0.717, 1.165) is 18.8 Å². The Bertz CT molecular complexity index is 863. The lowest BCUT2D eigenvalue weighted by molar-refractivity contribution is -0.134. The molecule has 0 bridgehead atoms. The van der Waals surface area contributed by atoms with Gasteiger partial charge in [0, 0.05) is 36.9 Å². The standard InChI is InChI=1S/C22H25Cl2N3O2/c1-15(2)20(25-21(28)18-5-3-4-6-19(18)24)22(29)27-13-11-26(12-14-27)17-9-7-16(23)8-10-17/h3-10,15,20H,11-14H2,1-2H3,(H,25,28). The molecule has 5 nitrogen and oxygen atoms in total. The molecule has 2 amide bonds. The summed E-state index contributed by atoms with van der Waals surface area (Å²) in [5, 5.41) is 3.95. The number of piperazine rings is 1. The van der Waals surface area contributed by atoms with Gasteiger partial charge in [-0.05, 0) is 42.3 Å². The largest absolute Gasteiger partial charge is 0.368 e. The number of amides is 2. The minimum atomic E-state index is -0.596. The molecule has 1 aliphatic heterocycles. The molecule has 1 saturated heterocycles. The fraction of sp³-hybridized carbons (Fsp3) is 0.364. The third-order valence-corrected chi connectivity index (χ3v) is 5.70. The molecule has 154 valence electrons. The molecule has 2 aromatic carbocycles. The number of halogens is 2. The van der Waals surface area contributed by atoms with Crippen LogP contribution in [0.15, 0.2) is 48.5 Å². The van der Waals surface area contributed by atoms with E-state index in [1.807, 2.05) is 43.0 Å². The van der Waals surface area contributed by atoms with Crippen molar-refractivity contribution in [2.45, 2.75) is 19.9 Å². The minimum Gasteiger partial charge on any atom is -0.368 e. The summed E-state index contributed by atoms with van der Waals surface area (Å²) in [7, 11) is 0. The lowest BCUT2D eigenvalue weighted by Crippen LogP contribution is -2.56. The second-order valence-electron chi connectivity index (χ2n) is 7.46. The van der Waals surface area contributed by atoms with Crippen molar-refractivity contribution in [1.29, 1.82) is 0 Å². The van der Waals surface area contributed by atoms with Crippen LogP contribution < -0.4 is 10.2 Å². The van der Waals surface area contributed by atoms with E-state index in [2.05, 4.69) is 10.2 Å². The quantitative estimate of drug-likeness (QED) is 0.771. The highest BCUT2D eigenvalue weighted by atomic mass is 35.5. The first-order valence-corrected chi connectivity index (χ1v) is 10.5. The SMILES string of the molecule is CC(C)C(NC(=O)c1ccccc1Cl)C(=O)N1CCN(c2ccc(Cl)cc2)CC1. The lowest BCUT2D eigenvalue weighted by atomic mass is 10.0. The highest BCUT2D eigenvalue weighted by Crippen LogP contribution is 2.20. The third-order valence-electron chi connectivity index (χ3n) is 5.12. The fourth-order valence-corrected chi connectivity index (χ4v) is 3.76. The first-order chi connectivity index (χ1) is 13.9. The van der Waals surface area contributed by atoms with E-state index in [4.69, 9.17) is 23.2 Å². The number of nitrogens with one attached hydrogen (secondary N) is 1. The van der Waals surface area contributed by atoms with Gasteiger partial charge in [-0.3, -0.25) is 9.59 Å². The molecule has 0 saturated carbocycles. The van der Waals surface area contributed by atoms with Crippen LogP contribution in [0, 0.1) is 5.92 Å². The van der Waals surface area contributed by atoms with Gasteiger partial charge in [-0.25, -0.2) is 0 Å². The Kier molecular flexibility index (Phi) is 7.04. The lowest BCUT2D eigenvalue weighted by Gasteiger charge is -2.38. The molecule has 0 aromatic heterocycles. The third kappa shape index (κ3) is 5.22. The Morgan fingerprint density at radius 1 is 0.931 bits per heavy atom. The van der Waals surface area contributed by atoms with Crippen LogP contribution in [0.3, 0.4) is 0 Å². The first kappa shape index (κ1) is 21.5. The molecule has 1 atom stereocenters. The predicted octanol–water partition coefficient (Wildman–Crippen LogP) is 4.10. The summed E-state index contributed by atoms with van der Waals surface area (Å²) in [6.45, 7) is 6.53. The fourth-order valence-electron chi connectivity index (χ4n) is 3.41. The number of hydrogen-bond donors (Lipinski definition) is 1. The van der Waals surface area contributed by atoms with Gasteiger partial charge in [0.25, 0.3) is 5.91 Å². The Morgan fingerprint density at radius 3 is 2.14 bits per heavy atom. The number of nitrogens with zero attached hydrogens (tertiary/aromatic N) is 2. The van der Waals surface area contributed by atoms with Gasteiger partial charge in [0.2, 0.25) is 5.91 Å². The zero-order chi connectivity index (χ0) is 21.0. The van der Waals surface area contributed by atoms with Crippen molar-refractivity contribution in [3.8, 4) is 0 Å². The van der Waals surface area contributed by atoms with Gasteiger partial charge in [0.05, 0.1) is 10.6 Å². The monoisotopic (exact) mass is 433 g/mol. The summed E-state index contributed by atoms with van der Waals surface area (Å²) in [5.74, 6) is -0.429. The maximum absolute atomic E-state index is 13.1. The molecule has 1 unspecified atom stereocenters. The van der Waals surface area contributed by atoms with Gasteiger partial charge >= 0.3 is 0 Å². The summed E-state index contributed by atoms with van der Waals surface area (Å²) >= 11 is 12.1. The number of benzene rings is 2. The Hall–Kier alpha value is -2.24. The molecule has 1 aliphatic rings. The van der Waals surface area contributed by atoms with E-state index in [1.54, 1.807) is 24.3 Å². The number of rotatable bonds is 5. The topological polar surface area (TPSA) is 52.7 Å². The Morgan fingerprint density at radius 2 is 1.55 bits per heavy atom. The van der Waals surface area contributed by atoms with Crippen molar-refractivity contribution in [3.05, 3.63) is 64.1 Å². The molecule has 0 spiro atoms.